The summed E-state index contributed by atoms with van der Waals surface area (Å²) in [6, 6.07) is 0.172. The van der Waals surface area contributed by atoms with Crippen LogP contribution in [-0.2, 0) is 6.54 Å². The number of nitrogens with one attached hydrogen (secondary N) is 1. The van der Waals surface area contributed by atoms with E-state index in [1.807, 2.05) is 0 Å². The van der Waals surface area contributed by atoms with Crippen LogP contribution in [0.15, 0.2) is 4.52 Å². The van der Waals surface area contributed by atoms with Crippen LogP contribution in [0.3, 0.4) is 0 Å². The summed E-state index contributed by atoms with van der Waals surface area (Å²) in [7, 11) is 0. The highest BCUT2D eigenvalue weighted by molar-refractivity contribution is 4.86. The molecule has 0 bridgehead atoms. The fourth-order valence-electron chi connectivity index (χ4n) is 1.98. The topological polar surface area (TPSA) is 71.2 Å². The highest BCUT2D eigenvalue weighted by Gasteiger charge is 2.22. The van der Waals surface area contributed by atoms with Crippen LogP contribution in [-0.4, -0.2) is 27.4 Å². The molecular formula is C10H17N3O2. The van der Waals surface area contributed by atoms with E-state index in [1.54, 1.807) is 6.92 Å². The minimum atomic E-state index is -0.234. The van der Waals surface area contributed by atoms with Gasteiger partial charge in [0.1, 0.15) is 0 Å². The van der Waals surface area contributed by atoms with Gasteiger partial charge < -0.3 is 14.9 Å². The van der Waals surface area contributed by atoms with E-state index in [9.17, 15) is 5.11 Å². The lowest BCUT2D eigenvalue weighted by Crippen LogP contribution is -2.41. The zero-order valence-corrected chi connectivity index (χ0v) is 8.94. The molecule has 2 N–H and O–H groups in total. The molecule has 5 heteroatoms. The van der Waals surface area contributed by atoms with Gasteiger partial charge in [-0.1, -0.05) is 18.0 Å². The number of aromatic nitrogens is 2. The summed E-state index contributed by atoms with van der Waals surface area (Å²) in [5.74, 6) is 1.24. The Hall–Kier alpha value is -0.940. The lowest BCUT2D eigenvalue weighted by atomic mass is 9.93. The van der Waals surface area contributed by atoms with Gasteiger partial charge in [0.05, 0.1) is 12.6 Å². The second-order valence-corrected chi connectivity index (χ2v) is 4.07. The number of aliphatic hydroxyl groups excluding tert-OH is 1. The van der Waals surface area contributed by atoms with Gasteiger partial charge in [0.15, 0.2) is 5.82 Å². The number of hydrogen-bond acceptors (Lipinski definition) is 5. The van der Waals surface area contributed by atoms with E-state index < -0.39 is 0 Å². The SMILES string of the molecule is Cc1noc(CN[C@@H]2CCCC[C@H]2O)n1. The fraction of sp³-hybridized carbons (Fsp3) is 0.800. The average Bonchev–Trinajstić information content (AvgIpc) is 2.63. The van der Waals surface area contributed by atoms with Crippen LogP contribution in [0.2, 0.25) is 0 Å². The lowest BCUT2D eigenvalue weighted by Gasteiger charge is -2.27. The van der Waals surface area contributed by atoms with Crippen molar-refractivity contribution in [2.75, 3.05) is 0 Å². The first-order chi connectivity index (χ1) is 7.25. The molecule has 5 nitrogen and oxygen atoms in total. The third kappa shape index (κ3) is 2.76. The van der Waals surface area contributed by atoms with Gasteiger partial charge in [0.25, 0.3) is 0 Å². The molecule has 0 saturated heterocycles. The minimum absolute atomic E-state index is 0.172. The van der Waals surface area contributed by atoms with Crippen LogP contribution in [0.4, 0.5) is 0 Å². The molecule has 1 aromatic heterocycles. The first kappa shape index (κ1) is 10.6. The normalized spacial score (nSPS) is 26.8. The summed E-state index contributed by atoms with van der Waals surface area (Å²) >= 11 is 0. The maximum Gasteiger partial charge on any atom is 0.240 e. The molecule has 0 unspecified atom stereocenters. The Morgan fingerprint density at radius 1 is 1.47 bits per heavy atom. The summed E-state index contributed by atoms with van der Waals surface area (Å²) in [5.41, 5.74) is 0. The van der Waals surface area contributed by atoms with Crippen molar-refractivity contribution in [1.82, 2.24) is 15.5 Å². The van der Waals surface area contributed by atoms with Crippen molar-refractivity contribution < 1.29 is 9.63 Å². The lowest BCUT2D eigenvalue weighted by molar-refractivity contribution is 0.0887. The molecule has 1 aliphatic rings. The third-order valence-corrected chi connectivity index (χ3v) is 2.81. The second-order valence-electron chi connectivity index (χ2n) is 4.07. The zero-order chi connectivity index (χ0) is 10.7. The Balaban J connectivity index is 1.81. The number of rotatable bonds is 3. The minimum Gasteiger partial charge on any atom is -0.392 e. The Kier molecular flexibility index (Phi) is 3.33. The molecule has 1 aromatic rings. The van der Waals surface area contributed by atoms with Crippen LogP contribution in [0.25, 0.3) is 0 Å². The van der Waals surface area contributed by atoms with E-state index in [2.05, 4.69) is 15.5 Å². The first-order valence-corrected chi connectivity index (χ1v) is 5.46. The number of hydrogen-bond donors (Lipinski definition) is 2. The van der Waals surface area contributed by atoms with Crippen LogP contribution >= 0.6 is 0 Å². The zero-order valence-electron chi connectivity index (χ0n) is 8.94. The fourth-order valence-corrected chi connectivity index (χ4v) is 1.98. The quantitative estimate of drug-likeness (QED) is 0.772. The summed E-state index contributed by atoms with van der Waals surface area (Å²) < 4.78 is 4.99. The third-order valence-electron chi connectivity index (χ3n) is 2.81. The number of aliphatic hydroxyl groups is 1. The van der Waals surface area contributed by atoms with Crippen molar-refractivity contribution in [1.29, 1.82) is 0 Å². The summed E-state index contributed by atoms with van der Waals surface area (Å²) in [6.45, 7) is 2.34. The Labute approximate surface area is 88.9 Å². The standard InChI is InChI=1S/C10H17N3O2/c1-7-12-10(15-13-7)6-11-8-4-2-3-5-9(8)14/h8-9,11,14H,2-6H2,1H3/t8-,9-/m1/s1. The van der Waals surface area contributed by atoms with Crippen molar-refractivity contribution in [3.63, 3.8) is 0 Å². The molecular weight excluding hydrogens is 194 g/mol. The van der Waals surface area contributed by atoms with Gasteiger partial charge in [0.2, 0.25) is 5.89 Å². The van der Waals surface area contributed by atoms with Gasteiger partial charge in [-0.25, -0.2) is 0 Å². The molecule has 1 saturated carbocycles. The highest BCUT2D eigenvalue weighted by atomic mass is 16.5. The van der Waals surface area contributed by atoms with E-state index in [4.69, 9.17) is 4.52 Å². The summed E-state index contributed by atoms with van der Waals surface area (Å²) in [5, 5.41) is 16.7. The molecule has 2 atom stereocenters. The first-order valence-electron chi connectivity index (χ1n) is 5.46. The molecule has 0 amide bonds. The predicted octanol–water partition coefficient (Wildman–Crippen LogP) is 0.771. The van der Waals surface area contributed by atoms with Crippen molar-refractivity contribution in [3.05, 3.63) is 11.7 Å². The maximum atomic E-state index is 9.72. The van der Waals surface area contributed by atoms with Gasteiger partial charge in [-0.05, 0) is 19.8 Å². The van der Waals surface area contributed by atoms with Crippen LogP contribution < -0.4 is 5.32 Å². The molecule has 2 rings (SSSR count). The van der Waals surface area contributed by atoms with Gasteiger partial charge in [0, 0.05) is 6.04 Å². The van der Waals surface area contributed by atoms with Crippen LogP contribution in [0, 0.1) is 6.92 Å². The average molecular weight is 211 g/mol. The van der Waals surface area contributed by atoms with Gasteiger partial charge in [-0.15, -0.1) is 0 Å². The maximum absolute atomic E-state index is 9.72. The van der Waals surface area contributed by atoms with Crippen molar-refractivity contribution in [3.8, 4) is 0 Å². The monoisotopic (exact) mass is 211 g/mol. The van der Waals surface area contributed by atoms with Crippen LogP contribution in [0.5, 0.6) is 0 Å². The molecule has 1 aliphatic carbocycles. The van der Waals surface area contributed by atoms with Gasteiger partial charge in [-0.3, -0.25) is 0 Å². The number of aryl methyl sites for hydroxylation is 1. The van der Waals surface area contributed by atoms with Crippen LogP contribution in [0.1, 0.15) is 37.4 Å². The van der Waals surface area contributed by atoms with Gasteiger partial charge >= 0.3 is 0 Å². The molecule has 1 heterocycles. The molecule has 84 valence electrons. The van der Waals surface area contributed by atoms with E-state index >= 15 is 0 Å². The molecule has 1 fully saturated rings. The van der Waals surface area contributed by atoms with Gasteiger partial charge in [-0.2, -0.15) is 4.98 Å². The molecule has 0 aliphatic heterocycles. The second kappa shape index (κ2) is 4.72. The molecule has 0 radical (unpaired) electrons. The molecule has 0 spiro atoms. The number of nitrogens with zero attached hydrogens (tertiary/aromatic N) is 2. The van der Waals surface area contributed by atoms with E-state index in [1.165, 1.54) is 6.42 Å². The van der Waals surface area contributed by atoms with E-state index in [0.717, 1.165) is 19.3 Å². The Morgan fingerprint density at radius 3 is 2.93 bits per heavy atom. The van der Waals surface area contributed by atoms with E-state index in [-0.39, 0.29) is 12.1 Å². The molecule has 15 heavy (non-hydrogen) atoms. The summed E-state index contributed by atoms with van der Waals surface area (Å²) in [6.07, 6.45) is 3.98. The van der Waals surface area contributed by atoms with Crippen molar-refractivity contribution >= 4 is 0 Å². The van der Waals surface area contributed by atoms with E-state index in [0.29, 0.717) is 18.3 Å². The Morgan fingerprint density at radius 2 is 2.27 bits per heavy atom. The molecule has 0 aromatic carbocycles. The van der Waals surface area contributed by atoms with Crippen molar-refractivity contribution in [2.45, 2.75) is 51.3 Å². The summed E-state index contributed by atoms with van der Waals surface area (Å²) in [4.78, 5) is 4.10. The van der Waals surface area contributed by atoms with Crippen molar-refractivity contribution in [2.24, 2.45) is 0 Å². The Bertz CT molecular complexity index is 313. The highest BCUT2D eigenvalue weighted by Crippen LogP contribution is 2.18. The predicted molar refractivity (Wildman–Crippen MR) is 54.1 cm³/mol. The largest absolute Gasteiger partial charge is 0.392 e. The smallest absolute Gasteiger partial charge is 0.240 e.